The molecule has 5 nitrogen and oxygen atoms in total. The highest BCUT2D eigenvalue weighted by Gasteiger charge is 2.25. The first-order chi connectivity index (χ1) is 11.7. The van der Waals surface area contributed by atoms with Gasteiger partial charge in [-0.1, -0.05) is 11.6 Å². The second-order valence-electron chi connectivity index (χ2n) is 5.80. The van der Waals surface area contributed by atoms with Crippen molar-refractivity contribution in [3.63, 3.8) is 0 Å². The summed E-state index contributed by atoms with van der Waals surface area (Å²) in [6.07, 6.45) is 2.37. The largest absolute Gasteiger partial charge is 0.343 e. The summed E-state index contributed by atoms with van der Waals surface area (Å²) in [7, 11) is 0. The average molecular weight is 373 g/mol. The van der Waals surface area contributed by atoms with Crippen LogP contribution in [0.1, 0.15) is 27.2 Å². The summed E-state index contributed by atoms with van der Waals surface area (Å²) < 4.78 is 0. The molecule has 2 aromatic heterocycles. The Balaban J connectivity index is 0.00000182. The van der Waals surface area contributed by atoms with Crippen LogP contribution < -0.4 is 0 Å². The van der Waals surface area contributed by atoms with E-state index in [1.807, 2.05) is 11.0 Å². The number of carbonyl (C=O) groups excluding carboxylic acids is 1. The monoisotopic (exact) mass is 372 g/mol. The molecule has 3 aromatic rings. The van der Waals surface area contributed by atoms with Crippen LogP contribution in [0.15, 0.2) is 36.5 Å². The lowest BCUT2D eigenvalue weighted by atomic mass is 10.0. The molecule has 3 heterocycles. The van der Waals surface area contributed by atoms with Crippen LogP contribution in [-0.4, -0.2) is 27.3 Å². The third kappa shape index (κ3) is 3.07. The molecule has 0 atom stereocenters. The van der Waals surface area contributed by atoms with Crippen molar-refractivity contribution < 1.29 is 4.79 Å². The Morgan fingerprint density at radius 3 is 2.80 bits per heavy atom. The van der Waals surface area contributed by atoms with E-state index in [2.05, 4.69) is 16.0 Å². The Hall–Kier alpha value is -2.55. The summed E-state index contributed by atoms with van der Waals surface area (Å²) >= 11 is 6.06. The number of hydrogen-bond donors (Lipinski definition) is 1. The van der Waals surface area contributed by atoms with Gasteiger partial charge in [0.1, 0.15) is 5.65 Å². The van der Waals surface area contributed by atoms with Crippen molar-refractivity contribution in [1.29, 1.82) is 5.26 Å². The number of rotatable bonds is 1. The number of carbonyl (C=O) groups is 1. The van der Waals surface area contributed by atoms with Crippen LogP contribution in [0.5, 0.6) is 0 Å². The fraction of sp³-hybridized carbons (Fsp3) is 0.167. The number of fused-ring (bicyclic) bond motifs is 3. The van der Waals surface area contributed by atoms with Crippen molar-refractivity contribution in [3.8, 4) is 6.07 Å². The van der Waals surface area contributed by atoms with Gasteiger partial charge in [-0.2, -0.15) is 5.26 Å². The van der Waals surface area contributed by atoms with E-state index in [0.717, 1.165) is 28.7 Å². The average Bonchev–Trinajstić information content (AvgIpc) is 2.98. The maximum atomic E-state index is 12.7. The summed E-state index contributed by atoms with van der Waals surface area (Å²) in [5.41, 5.74) is 4.13. The number of H-pyrrole nitrogens is 1. The second kappa shape index (κ2) is 6.75. The topological polar surface area (TPSA) is 72.8 Å². The van der Waals surface area contributed by atoms with Gasteiger partial charge in [-0.15, -0.1) is 12.4 Å². The minimum Gasteiger partial charge on any atom is -0.343 e. The lowest BCUT2D eigenvalue weighted by Gasteiger charge is -2.27. The van der Waals surface area contributed by atoms with Gasteiger partial charge < -0.3 is 9.88 Å². The number of benzene rings is 1. The van der Waals surface area contributed by atoms with E-state index < -0.39 is 0 Å². The van der Waals surface area contributed by atoms with Gasteiger partial charge in [0, 0.05) is 47.9 Å². The third-order valence-corrected chi connectivity index (χ3v) is 4.55. The molecule has 1 aromatic carbocycles. The Labute approximate surface area is 155 Å². The van der Waals surface area contributed by atoms with Gasteiger partial charge >= 0.3 is 0 Å². The molecular weight excluding hydrogens is 359 g/mol. The summed E-state index contributed by atoms with van der Waals surface area (Å²) in [6, 6.07) is 10.7. The van der Waals surface area contributed by atoms with Crippen molar-refractivity contribution in [2.45, 2.75) is 13.0 Å². The minimum absolute atomic E-state index is 0. The fourth-order valence-electron chi connectivity index (χ4n) is 3.10. The standard InChI is InChI=1S/C18H13ClN4O.ClH/c19-13-7-14-15-10-23(6-5-16(15)22-17(14)21-9-13)18(24)12-3-1-11(8-20)2-4-12;/h1-4,7,9H,5-6,10H2,(H,21,22);1H. The van der Waals surface area contributed by atoms with E-state index in [-0.39, 0.29) is 18.3 Å². The number of aromatic nitrogens is 2. The minimum atomic E-state index is -0.0329. The molecule has 0 radical (unpaired) electrons. The fourth-order valence-corrected chi connectivity index (χ4v) is 3.26. The highest BCUT2D eigenvalue weighted by molar-refractivity contribution is 6.31. The van der Waals surface area contributed by atoms with Crippen molar-refractivity contribution in [3.05, 3.63) is 63.9 Å². The SMILES string of the molecule is Cl.N#Cc1ccc(C(=O)N2CCc3[nH]c4ncc(Cl)cc4c3C2)cc1. The zero-order chi connectivity index (χ0) is 16.7. The van der Waals surface area contributed by atoms with Crippen LogP contribution in [0, 0.1) is 11.3 Å². The molecule has 0 spiro atoms. The molecule has 1 amide bonds. The third-order valence-electron chi connectivity index (χ3n) is 4.34. The van der Waals surface area contributed by atoms with Crippen molar-refractivity contribution in [2.75, 3.05) is 6.54 Å². The van der Waals surface area contributed by atoms with Gasteiger partial charge in [0.15, 0.2) is 0 Å². The van der Waals surface area contributed by atoms with E-state index in [0.29, 0.717) is 29.2 Å². The molecule has 0 saturated carbocycles. The van der Waals surface area contributed by atoms with Gasteiger partial charge in [-0.3, -0.25) is 4.79 Å². The molecule has 25 heavy (non-hydrogen) atoms. The number of pyridine rings is 1. The maximum Gasteiger partial charge on any atom is 0.254 e. The first kappa shape index (κ1) is 17.3. The zero-order valence-electron chi connectivity index (χ0n) is 13.1. The molecule has 0 bridgehead atoms. The molecule has 4 rings (SSSR count). The number of nitrogens with one attached hydrogen (secondary N) is 1. The number of nitrogens with zero attached hydrogens (tertiary/aromatic N) is 3. The van der Waals surface area contributed by atoms with Crippen LogP contribution in [0.4, 0.5) is 0 Å². The van der Waals surface area contributed by atoms with Gasteiger partial charge in [-0.05, 0) is 30.3 Å². The quantitative estimate of drug-likeness (QED) is 0.707. The highest BCUT2D eigenvalue weighted by Crippen LogP contribution is 2.29. The van der Waals surface area contributed by atoms with E-state index in [4.69, 9.17) is 16.9 Å². The highest BCUT2D eigenvalue weighted by atomic mass is 35.5. The van der Waals surface area contributed by atoms with Crippen molar-refractivity contribution in [2.24, 2.45) is 0 Å². The summed E-state index contributed by atoms with van der Waals surface area (Å²) in [5, 5.41) is 10.4. The van der Waals surface area contributed by atoms with Crippen LogP contribution in [0.3, 0.4) is 0 Å². The van der Waals surface area contributed by atoms with Crippen LogP contribution >= 0.6 is 24.0 Å². The number of nitriles is 1. The summed E-state index contributed by atoms with van der Waals surface area (Å²) in [4.78, 5) is 22.2. The van der Waals surface area contributed by atoms with Crippen molar-refractivity contribution in [1.82, 2.24) is 14.9 Å². The van der Waals surface area contributed by atoms with Crippen LogP contribution in [-0.2, 0) is 13.0 Å². The lowest BCUT2D eigenvalue weighted by Crippen LogP contribution is -2.35. The number of amides is 1. The Morgan fingerprint density at radius 2 is 2.08 bits per heavy atom. The van der Waals surface area contributed by atoms with E-state index in [1.165, 1.54) is 0 Å². The molecule has 1 N–H and O–H groups in total. The summed E-state index contributed by atoms with van der Waals surface area (Å²) in [6.45, 7) is 1.17. The van der Waals surface area contributed by atoms with E-state index in [1.54, 1.807) is 30.5 Å². The predicted molar refractivity (Wildman–Crippen MR) is 98.0 cm³/mol. The number of halogens is 2. The summed E-state index contributed by atoms with van der Waals surface area (Å²) in [5.74, 6) is -0.0329. The Kier molecular flexibility index (Phi) is 4.67. The number of hydrogen-bond acceptors (Lipinski definition) is 3. The van der Waals surface area contributed by atoms with Gasteiger partial charge in [-0.25, -0.2) is 4.98 Å². The van der Waals surface area contributed by atoms with Crippen LogP contribution in [0.25, 0.3) is 11.0 Å². The molecule has 0 saturated heterocycles. The molecular formula is C18H14Cl2N4O. The zero-order valence-corrected chi connectivity index (χ0v) is 14.7. The molecule has 0 unspecified atom stereocenters. The normalized spacial score (nSPS) is 13.0. The molecule has 1 aliphatic rings. The molecule has 7 heteroatoms. The van der Waals surface area contributed by atoms with E-state index >= 15 is 0 Å². The van der Waals surface area contributed by atoms with Crippen molar-refractivity contribution >= 4 is 40.9 Å². The molecule has 0 fully saturated rings. The molecule has 0 aliphatic carbocycles. The van der Waals surface area contributed by atoms with Crippen LogP contribution in [0.2, 0.25) is 5.02 Å². The second-order valence-corrected chi connectivity index (χ2v) is 6.23. The molecule has 126 valence electrons. The van der Waals surface area contributed by atoms with E-state index in [9.17, 15) is 4.79 Å². The first-order valence-electron chi connectivity index (χ1n) is 7.60. The predicted octanol–water partition coefficient (Wildman–Crippen LogP) is 3.71. The van der Waals surface area contributed by atoms with Gasteiger partial charge in [0.05, 0.1) is 16.7 Å². The smallest absolute Gasteiger partial charge is 0.254 e. The Bertz CT molecular complexity index is 989. The lowest BCUT2D eigenvalue weighted by molar-refractivity contribution is 0.0735. The maximum absolute atomic E-state index is 12.7. The number of aromatic amines is 1. The van der Waals surface area contributed by atoms with Gasteiger partial charge in [0.2, 0.25) is 0 Å². The van der Waals surface area contributed by atoms with Gasteiger partial charge in [0.25, 0.3) is 5.91 Å². The molecule has 1 aliphatic heterocycles. The Morgan fingerprint density at radius 1 is 1.32 bits per heavy atom. The first-order valence-corrected chi connectivity index (χ1v) is 7.98.